The van der Waals surface area contributed by atoms with Gasteiger partial charge >= 0.3 is 0 Å². The molecular weight excluding hydrogens is 250 g/mol. The van der Waals surface area contributed by atoms with Crippen LogP contribution in [0.15, 0.2) is 18.2 Å². The Labute approximate surface area is 123 Å². The highest BCUT2D eigenvalue weighted by Crippen LogP contribution is 2.25. The van der Waals surface area contributed by atoms with Gasteiger partial charge in [0, 0.05) is 24.2 Å². The van der Waals surface area contributed by atoms with Gasteiger partial charge in [0.05, 0.1) is 13.7 Å². The van der Waals surface area contributed by atoms with E-state index < -0.39 is 0 Å². The molecule has 0 aliphatic rings. The average molecular weight is 279 g/mol. The summed E-state index contributed by atoms with van der Waals surface area (Å²) in [6.07, 6.45) is 4.88. The molecule has 0 saturated heterocycles. The van der Waals surface area contributed by atoms with Crippen LogP contribution < -0.4 is 14.8 Å². The van der Waals surface area contributed by atoms with E-state index in [1.165, 1.54) is 24.8 Å². The smallest absolute Gasteiger partial charge is 0.127 e. The fraction of sp³-hybridized carbons (Fsp3) is 0.647. The van der Waals surface area contributed by atoms with Crippen LogP contribution in [-0.4, -0.2) is 19.8 Å². The van der Waals surface area contributed by atoms with E-state index >= 15 is 0 Å². The van der Waals surface area contributed by atoms with Crippen LogP contribution in [0.2, 0.25) is 0 Å². The fourth-order valence-electron chi connectivity index (χ4n) is 1.97. The van der Waals surface area contributed by atoms with Crippen molar-refractivity contribution in [2.24, 2.45) is 0 Å². The number of nitrogens with one attached hydrogen (secondary N) is 1. The van der Waals surface area contributed by atoms with Crippen LogP contribution in [0.4, 0.5) is 0 Å². The molecule has 0 fully saturated rings. The lowest BCUT2D eigenvalue weighted by atomic mass is 10.1. The minimum Gasteiger partial charge on any atom is -0.497 e. The van der Waals surface area contributed by atoms with Gasteiger partial charge in [0.1, 0.15) is 11.5 Å². The second-order valence-corrected chi connectivity index (χ2v) is 5.42. The van der Waals surface area contributed by atoms with Crippen molar-refractivity contribution < 1.29 is 9.47 Å². The van der Waals surface area contributed by atoms with Crippen LogP contribution in [0.25, 0.3) is 0 Å². The summed E-state index contributed by atoms with van der Waals surface area (Å²) in [6, 6.07) is 6.52. The molecule has 1 rings (SSSR count). The third kappa shape index (κ3) is 6.29. The zero-order valence-corrected chi connectivity index (χ0v) is 13.4. The summed E-state index contributed by atoms with van der Waals surface area (Å²) in [5.74, 6) is 1.79. The maximum atomic E-state index is 5.94. The summed E-state index contributed by atoms with van der Waals surface area (Å²) in [6.45, 7) is 8.12. The molecule has 3 heteroatoms. The standard InChI is InChI=1S/C17H29NO2/c1-5-6-7-8-11-20-17-12-16(19-4)10-9-15(17)13-18-14(2)3/h9-10,12,14,18H,5-8,11,13H2,1-4H3. The molecule has 0 heterocycles. The van der Waals surface area contributed by atoms with Crippen molar-refractivity contribution in [2.75, 3.05) is 13.7 Å². The third-order valence-corrected chi connectivity index (χ3v) is 3.23. The molecule has 1 N–H and O–H groups in total. The quantitative estimate of drug-likeness (QED) is 0.653. The highest BCUT2D eigenvalue weighted by atomic mass is 16.5. The Morgan fingerprint density at radius 2 is 1.95 bits per heavy atom. The molecule has 0 spiro atoms. The van der Waals surface area contributed by atoms with E-state index in [-0.39, 0.29) is 0 Å². The lowest BCUT2D eigenvalue weighted by Crippen LogP contribution is -2.22. The predicted molar refractivity (Wildman–Crippen MR) is 84.6 cm³/mol. The van der Waals surface area contributed by atoms with Gasteiger partial charge in [-0.05, 0) is 12.5 Å². The Morgan fingerprint density at radius 1 is 1.15 bits per heavy atom. The zero-order valence-electron chi connectivity index (χ0n) is 13.4. The molecule has 0 aromatic heterocycles. The van der Waals surface area contributed by atoms with Crippen molar-refractivity contribution in [3.8, 4) is 11.5 Å². The predicted octanol–water partition coefficient (Wildman–Crippen LogP) is 4.15. The molecular formula is C17H29NO2. The molecule has 0 atom stereocenters. The van der Waals surface area contributed by atoms with E-state index in [9.17, 15) is 0 Å². The summed E-state index contributed by atoms with van der Waals surface area (Å²) in [5.41, 5.74) is 1.19. The van der Waals surface area contributed by atoms with Gasteiger partial charge in [0.25, 0.3) is 0 Å². The highest BCUT2D eigenvalue weighted by Gasteiger charge is 2.06. The molecule has 0 aliphatic carbocycles. The molecule has 3 nitrogen and oxygen atoms in total. The van der Waals surface area contributed by atoms with Gasteiger partial charge < -0.3 is 14.8 Å². The summed E-state index contributed by atoms with van der Waals surface area (Å²) >= 11 is 0. The van der Waals surface area contributed by atoms with Crippen LogP contribution in [0.1, 0.15) is 52.0 Å². The maximum Gasteiger partial charge on any atom is 0.127 e. The first-order valence-electron chi connectivity index (χ1n) is 7.70. The number of ether oxygens (including phenoxy) is 2. The number of unbranched alkanes of at least 4 members (excludes halogenated alkanes) is 3. The molecule has 1 aromatic carbocycles. The molecule has 0 amide bonds. The third-order valence-electron chi connectivity index (χ3n) is 3.23. The molecule has 0 radical (unpaired) electrons. The molecule has 0 unspecified atom stereocenters. The first-order chi connectivity index (χ1) is 9.67. The summed E-state index contributed by atoms with van der Waals surface area (Å²) < 4.78 is 11.2. The second kappa shape index (κ2) is 9.65. The van der Waals surface area contributed by atoms with Crippen LogP contribution in [0.3, 0.4) is 0 Å². The van der Waals surface area contributed by atoms with Crippen molar-refractivity contribution in [2.45, 2.75) is 59.0 Å². The van der Waals surface area contributed by atoms with E-state index in [2.05, 4.69) is 32.2 Å². The molecule has 20 heavy (non-hydrogen) atoms. The van der Waals surface area contributed by atoms with Crippen LogP contribution in [0.5, 0.6) is 11.5 Å². The summed E-state index contributed by atoms with van der Waals surface area (Å²) in [5, 5.41) is 3.43. The van der Waals surface area contributed by atoms with E-state index in [0.29, 0.717) is 6.04 Å². The molecule has 0 saturated carbocycles. The molecule has 114 valence electrons. The van der Waals surface area contributed by atoms with Crippen molar-refractivity contribution in [1.82, 2.24) is 5.32 Å². The monoisotopic (exact) mass is 279 g/mol. The SMILES string of the molecule is CCCCCCOc1cc(OC)ccc1CNC(C)C. The maximum absolute atomic E-state index is 5.94. The van der Waals surface area contributed by atoms with Gasteiger partial charge in [0.2, 0.25) is 0 Å². The Bertz CT molecular complexity index is 377. The zero-order chi connectivity index (χ0) is 14.8. The van der Waals surface area contributed by atoms with Crippen molar-refractivity contribution in [3.63, 3.8) is 0 Å². The molecule has 1 aromatic rings. The first kappa shape index (κ1) is 16.8. The number of hydrogen-bond acceptors (Lipinski definition) is 3. The highest BCUT2D eigenvalue weighted by molar-refractivity contribution is 5.40. The summed E-state index contributed by atoms with van der Waals surface area (Å²) in [7, 11) is 1.69. The average Bonchev–Trinajstić information content (AvgIpc) is 2.45. The van der Waals surface area contributed by atoms with Crippen LogP contribution in [-0.2, 0) is 6.54 Å². The van der Waals surface area contributed by atoms with E-state index in [4.69, 9.17) is 9.47 Å². The van der Waals surface area contributed by atoms with Crippen molar-refractivity contribution in [1.29, 1.82) is 0 Å². The Hall–Kier alpha value is -1.22. The summed E-state index contributed by atoms with van der Waals surface area (Å²) in [4.78, 5) is 0. The van der Waals surface area contributed by atoms with Crippen LogP contribution >= 0.6 is 0 Å². The normalized spacial score (nSPS) is 10.8. The number of hydrogen-bond donors (Lipinski definition) is 1. The van der Waals surface area contributed by atoms with Crippen molar-refractivity contribution >= 4 is 0 Å². The number of benzene rings is 1. The minimum atomic E-state index is 0.467. The molecule has 0 bridgehead atoms. The Morgan fingerprint density at radius 3 is 2.60 bits per heavy atom. The van der Waals surface area contributed by atoms with Crippen LogP contribution in [0, 0.1) is 0 Å². The van der Waals surface area contributed by atoms with Gasteiger partial charge in [-0.2, -0.15) is 0 Å². The number of rotatable bonds is 10. The van der Waals surface area contributed by atoms with E-state index in [1.807, 2.05) is 12.1 Å². The van der Waals surface area contributed by atoms with E-state index in [0.717, 1.165) is 31.1 Å². The Balaban J connectivity index is 2.58. The van der Waals surface area contributed by atoms with E-state index in [1.54, 1.807) is 7.11 Å². The van der Waals surface area contributed by atoms with Gasteiger partial charge in [0.15, 0.2) is 0 Å². The minimum absolute atomic E-state index is 0.467. The lowest BCUT2D eigenvalue weighted by Gasteiger charge is -2.15. The fourth-order valence-corrected chi connectivity index (χ4v) is 1.97. The lowest BCUT2D eigenvalue weighted by molar-refractivity contribution is 0.298. The number of methoxy groups -OCH3 is 1. The topological polar surface area (TPSA) is 30.5 Å². The van der Waals surface area contributed by atoms with Gasteiger partial charge in [-0.3, -0.25) is 0 Å². The second-order valence-electron chi connectivity index (χ2n) is 5.42. The largest absolute Gasteiger partial charge is 0.497 e. The van der Waals surface area contributed by atoms with Gasteiger partial charge in [-0.15, -0.1) is 0 Å². The van der Waals surface area contributed by atoms with Crippen molar-refractivity contribution in [3.05, 3.63) is 23.8 Å². The Kier molecular flexibility index (Phi) is 8.12. The van der Waals surface area contributed by atoms with Gasteiger partial charge in [-0.25, -0.2) is 0 Å². The van der Waals surface area contributed by atoms with Gasteiger partial charge in [-0.1, -0.05) is 46.1 Å². The molecule has 0 aliphatic heterocycles. The first-order valence-corrected chi connectivity index (χ1v) is 7.70.